The molecule has 0 atom stereocenters. The lowest BCUT2D eigenvalue weighted by Crippen LogP contribution is -2.19. The Labute approximate surface area is 112 Å². The van der Waals surface area contributed by atoms with Crippen LogP contribution < -0.4 is 10.2 Å². The maximum Gasteiger partial charge on any atom is 0.127 e. The van der Waals surface area contributed by atoms with Crippen molar-refractivity contribution in [3.05, 3.63) is 47.8 Å². The Hall–Kier alpha value is -1.88. The zero-order chi connectivity index (χ0) is 13.8. The average molecular weight is 262 g/mol. The molecule has 1 heterocycles. The van der Waals surface area contributed by atoms with Crippen LogP contribution >= 0.6 is 0 Å². The van der Waals surface area contributed by atoms with Crippen molar-refractivity contribution in [2.45, 2.75) is 13.1 Å². The van der Waals surface area contributed by atoms with Crippen molar-refractivity contribution in [1.82, 2.24) is 14.9 Å². The van der Waals surface area contributed by atoms with Crippen LogP contribution in [0.3, 0.4) is 0 Å². The summed E-state index contributed by atoms with van der Waals surface area (Å²) < 4.78 is 15.6. The fourth-order valence-corrected chi connectivity index (χ4v) is 2.01. The Morgan fingerprint density at radius 3 is 2.79 bits per heavy atom. The van der Waals surface area contributed by atoms with E-state index in [9.17, 15) is 4.39 Å². The Morgan fingerprint density at radius 2 is 2.16 bits per heavy atom. The molecule has 0 spiro atoms. The molecule has 19 heavy (non-hydrogen) atoms. The second-order valence-electron chi connectivity index (χ2n) is 4.66. The van der Waals surface area contributed by atoms with Crippen LogP contribution in [0.25, 0.3) is 0 Å². The van der Waals surface area contributed by atoms with Crippen LogP contribution in [0.2, 0.25) is 0 Å². The van der Waals surface area contributed by atoms with Gasteiger partial charge in [-0.05, 0) is 30.8 Å². The Balaban J connectivity index is 2.18. The van der Waals surface area contributed by atoms with E-state index in [1.54, 1.807) is 18.3 Å². The van der Waals surface area contributed by atoms with Gasteiger partial charge in [-0.3, -0.25) is 0 Å². The van der Waals surface area contributed by atoms with E-state index < -0.39 is 0 Å². The molecule has 4 nitrogen and oxygen atoms in total. The second kappa shape index (κ2) is 5.84. The van der Waals surface area contributed by atoms with Crippen molar-refractivity contribution in [2.75, 3.05) is 19.0 Å². The van der Waals surface area contributed by atoms with Crippen molar-refractivity contribution in [1.29, 1.82) is 0 Å². The lowest BCUT2D eigenvalue weighted by Gasteiger charge is -2.20. The number of hydrogen-bond donors (Lipinski definition) is 1. The van der Waals surface area contributed by atoms with E-state index in [0.717, 1.165) is 17.1 Å². The summed E-state index contributed by atoms with van der Waals surface area (Å²) in [7, 11) is 5.74. The first-order chi connectivity index (χ1) is 9.10. The van der Waals surface area contributed by atoms with Crippen molar-refractivity contribution in [2.24, 2.45) is 7.05 Å². The third-order valence-corrected chi connectivity index (χ3v) is 3.06. The van der Waals surface area contributed by atoms with Gasteiger partial charge in [-0.2, -0.15) is 0 Å². The van der Waals surface area contributed by atoms with Gasteiger partial charge in [0.1, 0.15) is 11.6 Å². The van der Waals surface area contributed by atoms with Gasteiger partial charge in [0.25, 0.3) is 0 Å². The fourth-order valence-electron chi connectivity index (χ4n) is 2.01. The Morgan fingerprint density at radius 1 is 1.37 bits per heavy atom. The fraction of sp³-hybridized carbons (Fsp3) is 0.357. The third-order valence-electron chi connectivity index (χ3n) is 3.06. The second-order valence-corrected chi connectivity index (χ2v) is 4.66. The van der Waals surface area contributed by atoms with E-state index in [1.807, 2.05) is 42.9 Å². The SMILES string of the molecule is CNCc1cc(F)cc(N(C)Cc2nccn2C)c1. The number of aryl methyl sites for hydroxylation is 1. The summed E-state index contributed by atoms with van der Waals surface area (Å²) in [5, 5.41) is 3.03. The molecule has 1 aromatic heterocycles. The molecular formula is C14H19FN4. The maximum absolute atomic E-state index is 13.6. The molecule has 0 aliphatic rings. The molecular weight excluding hydrogens is 243 g/mol. The van der Waals surface area contributed by atoms with Crippen molar-refractivity contribution in [3.63, 3.8) is 0 Å². The minimum absolute atomic E-state index is 0.213. The van der Waals surface area contributed by atoms with Crippen LogP contribution in [0.15, 0.2) is 30.6 Å². The highest BCUT2D eigenvalue weighted by molar-refractivity contribution is 5.48. The average Bonchev–Trinajstić information content (AvgIpc) is 2.75. The molecule has 1 aromatic carbocycles. The minimum atomic E-state index is -0.213. The number of aromatic nitrogens is 2. The standard InChI is InChI=1S/C14H19FN4/c1-16-9-11-6-12(15)8-13(7-11)19(3)10-14-17-4-5-18(14)2/h4-8,16H,9-10H2,1-3H3. The number of benzene rings is 1. The van der Waals surface area contributed by atoms with Gasteiger partial charge in [0.15, 0.2) is 0 Å². The van der Waals surface area contributed by atoms with E-state index in [0.29, 0.717) is 13.1 Å². The predicted octanol–water partition coefficient (Wildman–Crippen LogP) is 1.92. The molecule has 0 radical (unpaired) electrons. The van der Waals surface area contributed by atoms with Crippen molar-refractivity contribution >= 4 is 5.69 Å². The van der Waals surface area contributed by atoms with Crippen LogP contribution in [-0.4, -0.2) is 23.6 Å². The van der Waals surface area contributed by atoms with E-state index in [1.165, 1.54) is 0 Å². The van der Waals surface area contributed by atoms with E-state index in [-0.39, 0.29) is 5.82 Å². The molecule has 0 fully saturated rings. The first-order valence-electron chi connectivity index (χ1n) is 6.21. The molecule has 0 saturated carbocycles. The molecule has 0 aliphatic carbocycles. The van der Waals surface area contributed by atoms with Gasteiger partial charge in [0, 0.05) is 38.7 Å². The Bertz CT molecular complexity index is 550. The van der Waals surface area contributed by atoms with Crippen LogP contribution in [0.4, 0.5) is 10.1 Å². The number of nitrogens with one attached hydrogen (secondary N) is 1. The first kappa shape index (κ1) is 13.5. The summed E-state index contributed by atoms with van der Waals surface area (Å²) in [4.78, 5) is 6.27. The lowest BCUT2D eigenvalue weighted by atomic mass is 10.2. The quantitative estimate of drug-likeness (QED) is 0.893. The van der Waals surface area contributed by atoms with Crippen LogP contribution in [-0.2, 0) is 20.1 Å². The third kappa shape index (κ3) is 3.32. The normalized spacial score (nSPS) is 10.7. The van der Waals surface area contributed by atoms with Gasteiger partial charge >= 0.3 is 0 Å². The van der Waals surface area contributed by atoms with Gasteiger partial charge in [-0.25, -0.2) is 9.37 Å². The van der Waals surface area contributed by atoms with Crippen molar-refractivity contribution < 1.29 is 4.39 Å². The summed E-state index contributed by atoms with van der Waals surface area (Å²) in [6.45, 7) is 1.30. The zero-order valence-corrected chi connectivity index (χ0v) is 11.5. The number of halogens is 1. The summed E-state index contributed by atoms with van der Waals surface area (Å²) in [6.07, 6.45) is 3.67. The minimum Gasteiger partial charge on any atom is -0.367 e. The molecule has 0 saturated heterocycles. The van der Waals surface area contributed by atoms with Gasteiger partial charge in [0.05, 0.1) is 6.54 Å². The zero-order valence-electron chi connectivity index (χ0n) is 11.5. The first-order valence-corrected chi connectivity index (χ1v) is 6.21. The number of hydrogen-bond acceptors (Lipinski definition) is 3. The molecule has 5 heteroatoms. The summed E-state index contributed by atoms with van der Waals surface area (Å²) >= 11 is 0. The van der Waals surface area contributed by atoms with Crippen LogP contribution in [0.1, 0.15) is 11.4 Å². The monoisotopic (exact) mass is 262 g/mol. The number of rotatable bonds is 5. The van der Waals surface area contributed by atoms with Gasteiger partial charge in [-0.1, -0.05) is 0 Å². The van der Waals surface area contributed by atoms with Crippen molar-refractivity contribution in [3.8, 4) is 0 Å². The van der Waals surface area contributed by atoms with Gasteiger partial charge in [-0.15, -0.1) is 0 Å². The predicted molar refractivity (Wildman–Crippen MR) is 74.5 cm³/mol. The molecule has 0 bridgehead atoms. The summed E-state index contributed by atoms with van der Waals surface area (Å²) in [5.41, 5.74) is 1.79. The molecule has 1 N–H and O–H groups in total. The van der Waals surface area contributed by atoms with E-state index >= 15 is 0 Å². The molecule has 2 aromatic rings. The highest BCUT2D eigenvalue weighted by Crippen LogP contribution is 2.19. The lowest BCUT2D eigenvalue weighted by molar-refractivity contribution is 0.622. The summed E-state index contributed by atoms with van der Waals surface area (Å²) in [5.74, 6) is 0.733. The van der Waals surface area contributed by atoms with Gasteiger partial charge < -0.3 is 14.8 Å². The topological polar surface area (TPSA) is 33.1 Å². The molecule has 0 aliphatic heterocycles. The van der Waals surface area contributed by atoms with Crippen LogP contribution in [0.5, 0.6) is 0 Å². The largest absolute Gasteiger partial charge is 0.367 e. The van der Waals surface area contributed by atoms with E-state index in [2.05, 4.69) is 10.3 Å². The number of anilines is 1. The molecule has 0 amide bonds. The molecule has 0 unspecified atom stereocenters. The van der Waals surface area contributed by atoms with E-state index in [4.69, 9.17) is 0 Å². The smallest absolute Gasteiger partial charge is 0.127 e. The summed E-state index contributed by atoms with van der Waals surface area (Å²) in [6, 6.07) is 5.08. The van der Waals surface area contributed by atoms with Crippen LogP contribution in [0, 0.1) is 5.82 Å². The highest BCUT2D eigenvalue weighted by atomic mass is 19.1. The van der Waals surface area contributed by atoms with Gasteiger partial charge in [0.2, 0.25) is 0 Å². The number of nitrogens with zero attached hydrogens (tertiary/aromatic N) is 3. The highest BCUT2D eigenvalue weighted by Gasteiger charge is 2.08. The Kier molecular flexibility index (Phi) is 4.16. The molecule has 102 valence electrons. The number of imidazole rings is 1. The maximum atomic E-state index is 13.6. The molecule has 2 rings (SSSR count).